The standard InChI is InChI=1S/C20H42NO3.ClH/c1-5-7-9-10-11-12-13-15-20(22)24-18-16-21(3,4)19-23-17-14-8-6-2;/h5-19H2,1-4H3;1H/q+1;/p-1. The summed E-state index contributed by atoms with van der Waals surface area (Å²) in [5.74, 6) is -0.0487. The highest BCUT2D eigenvalue weighted by Crippen LogP contribution is 2.09. The van der Waals surface area contributed by atoms with Crippen LogP contribution in [0.15, 0.2) is 0 Å². The summed E-state index contributed by atoms with van der Waals surface area (Å²) in [6.45, 7) is 7.22. The molecule has 0 aromatic carbocycles. The monoisotopic (exact) mass is 379 g/mol. The van der Waals surface area contributed by atoms with E-state index in [1.165, 1.54) is 44.9 Å². The van der Waals surface area contributed by atoms with Crippen molar-refractivity contribution in [3.8, 4) is 0 Å². The van der Waals surface area contributed by atoms with Gasteiger partial charge in [-0.25, -0.2) is 0 Å². The van der Waals surface area contributed by atoms with Crippen LogP contribution in [0, 0.1) is 0 Å². The number of hydrogen-bond acceptors (Lipinski definition) is 3. The Balaban J connectivity index is 0. The highest BCUT2D eigenvalue weighted by atomic mass is 35.5. The number of likely N-dealkylation sites (N-methyl/N-ethyl adjacent to an activating group) is 1. The Hall–Kier alpha value is -0.320. The molecule has 0 rings (SSSR count). The second-order valence-corrected chi connectivity index (χ2v) is 7.50. The van der Waals surface area contributed by atoms with E-state index in [1.54, 1.807) is 0 Å². The van der Waals surface area contributed by atoms with Crippen molar-refractivity contribution in [2.45, 2.75) is 84.5 Å². The van der Waals surface area contributed by atoms with Gasteiger partial charge in [-0.2, -0.15) is 0 Å². The summed E-state index contributed by atoms with van der Waals surface area (Å²) < 4.78 is 11.8. The third kappa shape index (κ3) is 19.8. The van der Waals surface area contributed by atoms with Gasteiger partial charge in [-0.1, -0.05) is 65.2 Å². The van der Waals surface area contributed by atoms with Gasteiger partial charge in [0.2, 0.25) is 0 Å². The first-order valence-corrected chi connectivity index (χ1v) is 10.1. The first-order valence-electron chi connectivity index (χ1n) is 10.1. The molecular weight excluding hydrogens is 338 g/mol. The van der Waals surface area contributed by atoms with E-state index in [4.69, 9.17) is 9.47 Å². The SMILES string of the molecule is CCCCCCCCCC(=O)OCC[N+](C)(C)COCCCCC.[Cl-]. The number of carbonyl (C=O) groups excluding carboxylic acids is 1. The molecule has 0 fully saturated rings. The molecule has 0 saturated heterocycles. The molecule has 4 nitrogen and oxygen atoms in total. The number of carbonyl (C=O) groups is 1. The second-order valence-electron chi connectivity index (χ2n) is 7.50. The summed E-state index contributed by atoms with van der Waals surface area (Å²) in [5, 5.41) is 0. The quantitative estimate of drug-likeness (QED) is 0.168. The van der Waals surface area contributed by atoms with E-state index in [-0.39, 0.29) is 18.4 Å². The average molecular weight is 380 g/mol. The summed E-state index contributed by atoms with van der Waals surface area (Å²) in [6, 6.07) is 0. The minimum absolute atomic E-state index is 0. The lowest BCUT2D eigenvalue weighted by molar-refractivity contribution is -0.909. The third-order valence-corrected chi connectivity index (χ3v) is 4.28. The Bertz CT molecular complexity index is 299. The highest BCUT2D eigenvalue weighted by molar-refractivity contribution is 5.69. The van der Waals surface area contributed by atoms with Crippen LogP contribution in [-0.2, 0) is 14.3 Å². The number of unbranched alkanes of at least 4 members (excludes halogenated alkanes) is 8. The van der Waals surface area contributed by atoms with Crippen molar-refractivity contribution in [2.75, 3.05) is 40.6 Å². The molecule has 0 heterocycles. The van der Waals surface area contributed by atoms with Crippen LogP contribution in [-0.4, -0.2) is 51.0 Å². The molecule has 0 aromatic rings. The van der Waals surface area contributed by atoms with Crippen molar-refractivity contribution in [2.24, 2.45) is 0 Å². The maximum atomic E-state index is 11.7. The van der Waals surface area contributed by atoms with Gasteiger partial charge < -0.3 is 26.4 Å². The molecule has 0 aliphatic rings. The summed E-state index contributed by atoms with van der Waals surface area (Å²) in [6.07, 6.45) is 12.7. The van der Waals surface area contributed by atoms with E-state index in [9.17, 15) is 4.79 Å². The molecule has 0 N–H and O–H groups in total. The fraction of sp³-hybridized carbons (Fsp3) is 0.950. The maximum Gasteiger partial charge on any atom is 0.305 e. The topological polar surface area (TPSA) is 35.5 Å². The third-order valence-electron chi connectivity index (χ3n) is 4.28. The van der Waals surface area contributed by atoms with Crippen LogP contribution < -0.4 is 12.4 Å². The van der Waals surface area contributed by atoms with Gasteiger partial charge in [0.25, 0.3) is 0 Å². The van der Waals surface area contributed by atoms with Crippen LogP contribution in [0.5, 0.6) is 0 Å². The smallest absolute Gasteiger partial charge is 0.305 e. The molecule has 0 aliphatic carbocycles. The van der Waals surface area contributed by atoms with Crippen molar-refractivity contribution in [3.05, 3.63) is 0 Å². The normalized spacial score (nSPS) is 11.2. The Kier molecular flexibility index (Phi) is 19.9. The van der Waals surface area contributed by atoms with Gasteiger partial charge in [-0.05, 0) is 12.8 Å². The van der Waals surface area contributed by atoms with E-state index in [1.807, 2.05) is 0 Å². The molecule has 5 heteroatoms. The molecule has 0 aromatic heterocycles. The van der Waals surface area contributed by atoms with Crippen LogP contribution in [0.1, 0.15) is 84.5 Å². The minimum atomic E-state index is -0.0487. The van der Waals surface area contributed by atoms with Gasteiger partial charge in [0.15, 0.2) is 6.73 Å². The van der Waals surface area contributed by atoms with Crippen molar-refractivity contribution in [1.29, 1.82) is 0 Å². The molecule has 0 unspecified atom stereocenters. The van der Waals surface area contributed by atoms with Gasteiger partial charge in [-0.15, -0.1) is 0 Å². The highest BCUT2D eigenvalue weighted by Gasteiger charge is 2.16. The van der Waals surface area contributed by atoms with E-state index in [0.717, 1.165) is 36.9 Å². The van der Waals surface area contributed by atoms with E-state index >= 15 is 0 Å². The van der Waals surface area contributed by atoms with Crippen molar-refractivity contribution in [3.63, 3.8) is 0 Å². The Morgan fingerprint density at radius 3 is 2.00 bits per heavy atom. The Morgan fingerprint density at radius 2 is 1.36 bits per heavy atom. The number of rotatable bonds is 17. The number of quaternary nitrogens is 1. The molecule has 152 valence electrons. The number of halogens is 1. The number of esters is 1. The zero-order valence-electron chi connectivity index (χ0n) is 17.2. The molecule has 0 bridgehead atoms. The first kappa shape index (κ1) is 26.9. The fourth-order valence-electron chi connectivity index (χ4n) is 2.54. The lowest BCUT2D eigenvalue weighted by Gasteiger charge is -2.28. The van der Waals surface area contributed by atoms with Gasteiger partial charge in [0, 0.05) is 6.42 Å². The number of nitrogens with zero attached hydrogens (tertiary/aromatic N) is 1. The summed E-state index contributed by atoms with van der Waals surface area (Å²) >= 11 is 0. The van der Waals surface area contributed by atoms with E-state index < -0.39 is 0 Å². The summed E-state index contributed by atoms with van der Waals surface area (Å²) in [4.78, 5) is 11.7. The van der Waals surface area contributed by atoms with Crippen LogP contribution in [0.25, 0.3) is 0 Å². The zero-order valence-corrected chi connectivity index (χ0v) is 17.9. The average Bonchev–Trinajstić information content (AvgIpc) is 2.53. The number of ether oxygens (including phenoxy) is 2. The summed E-state index contributed by atoms with van der Waals surface area (Å²) in [7, 11) is 4.23. The fourth-order valence-corrected chi connectivity index (χ4v) is 2.54. The molecule has 0 aliphatic heterocycles. The first-order chi connectivity index (χ1) is 11.5. The molecule has 25 heavy (non-hydrogen) atoms. The Morgan fingerprint density at radius 1 is 0.800 bits per heavy atom. The van der Waals surface area contributed by atoms with Crippen LogP contribution in [0.2, 0.25) is 0 Å². The molecule has 0 spiro atoms. The molecule has 0 radical (unpaired) electrons. The molecule has 0 atom stereocenters. The van der Waals surface area contributed by atoms with Crippen molar-refractivity contribution < 1.29 is 31.2 Å². The van der Waals surface area contributed by atoms with E-state index in [0.29, 0.717) is 19.8 Å². The van der Waals surface area contributed by atoms with Crippen molar-refractivity contribution >= 4 is 5.97 Å². The minimum Gasteiger partial charge on any atom is -1.00 e. The van der Waals surface area contributed by atoms with Gasteiger partial charge >= 0.3 is 5.97 Å². The van der Waals surface area contributed by atoms with Crippen molar-refractivity contribution in [1.82, 2.24) is 0 Å². The lowest BCUT2D eigenvalue weighted by atomic mass is 10.1. The Labute approximate surface area is 162 Å². The predicted octanol–water partition coefficient (Wildman–Crippen LogP) is 1.92. The molecular formula is C20H42ClNO3. The summed E-state index contributed by atoms with van der Waals surface area (Å²) in [5.41, 5.74) is 0. The van der Waals surface area contributed by atoms with Crippen LogP contribution in [0.3, 0.4) is 0 Å². The van der Waals surface area contributed by atoms with Gasteiger partial charge in [0.05, 0.1) is 20.7 Å². The van der Waals surface area contributed by atoms with E-state index in [2.05, 4.69) is 27.9 Å². The molecule has 0 saturated carbocycles. The maximum absolute atomic E-state index is 11.7. The number of hydrogen-bond donors (Lipinski definition) is 0. The van der Waals surface area contributed by atoms with Crippen LogP contribution >= 0.6 is 0 Å². The van der Waals surface area contributed by atoms with Gasteiger partial charge in [-0.3, -0.25) is 4.79 Å². The lowest BCUT2D eigenvalue weighted by Crippen LogP contribution is -3.00. The van der Waals surface area contributed by atoms with Gasteiger partial charge in [0.1, 0.15) is 13.2 Å². The second kappa shape index (κ2) is 18.5. The predicted molar refractivity (Wildman–Crippen MR) is 101 cm³/mol. The largest absolute Gasteiger partial charge is 1.00 e. The van der Waals surface area contributed by atoms with Crippen LogP contribution in [0.4, 0.5) is 0 Å². The zero-order chi connectivity index (χ0) is 18.1. The molecule has 0 amide bonds.